The number of allylic oxidation sites excluding steroid dienone is 3. The standard InChI is InChI=1S/C10H17N/c1-4-10-7-5-6-8-11(10)9(2)3/h5-7,9H,4,8H2,1-3H3. The van der Waals surface area contributed by atoms with Gasteiger partial charge in [0.05, 0.1) is 0 Å². The zero-order chi connectivity index (χ0) is 8.27. The fourth-order valence-corrected chi connectivity index (χ4v) is 1.43. The molecule has 0 aromatic carbocycles. The van der Waals surface area contributed by atoms with Crippen molar-refractivity contribution >= 4 is 0 Å². The predicted molar refractivity (Wildman–Crippen MR) is 49.4 cm³/mol. The molecule has 1 heterocycles. The minimum Gasteiger partial charge on any atom is -0.369 e. The van der Waals surface area contributed by atoms with E-state index in [4.69, 9.17) is 0 Å². The van der Waals surface area contributed by atoms with Gasteiger partial charge in [-0.3, -0.25) is 0 Å². The predicted octanol–water partition coefficient (Wildman–Crippen LogP) is 2.56. The molecule has 0 atom stereocenters. The summed E-state index contributed by atoms with van der Waals surface area (Å²) >= 11 is 0. The van der Waals surface area contributed by atoms with Crippen LogP contribution in [-0.4, -0.2) is 17.5 Å². The molecular weight excluding hydrogens is 134 g/mol. The molecule has 0 bridgehead atoms. The minimum atomic E-state index is 0.631. The Labute approximate surface area is 69.4 Å². The van der Waals surface area contributed by atoms with Gasteiger partial charge in [-0.2, -0.15) is 0 Å². The van der Waals surface area contributed by atoms with Crippen LogP contribution in [0.25, 0.3) is 0 Å². The summed E-state index contributed by atoms with van der Waals surface area (Å²) in [5.74, 6) is 0. The third-order valence-corrected chi connectivity index (χ3v) is 2.08. The van der Waals surface area contributed by atoms with Gasteiger partial charge in [0.1, 0.15) is 0 Å². The van der Waals surface area contributed by atoms with E-state index in [1.54, 1.807) is 0 Å². The molecule has 0 saturated carbocycles. The summed E-state index contributed by atoms with van der Waals surface area (Å²) in [6.45, 7) is 7.77. The highest BCUT2D eigenvalue weighted by Crippen LogP contribution is 2.15. The van der Waals surface area contributed by atoms with Gasteiger partial charge in [0.25, 0.3) is 0 Å². The molecule has 0 N–H and O–H groups in total. The van der Waals surface area contributed by atoms with E-state index in [9.17, 15) is 0 Å². The van der Waals surface area contributed by atoms with Crippen molar-refractivity contribution in [3.05, 3.63) is 23.9 Å². The molecule has 0 aliphatic carbocycles. The number of hydrogen-bond donors (Lipinski definition) is 0. The first-order valence-corrected chi connectivity index (χ1v) is 4.38. The minimum absolute atomic E-state index is 0.631. The van der Waals surface area contributed by atoms with E-state index in [2.05, 4.69) is 43.9 Å². The molecule has 1 heteroatoms. The van der Waals surface area contributed by atoms with E-state index in [1.807, 2.05) is 0 Å². The number of nitrogens with zero attached hydrogens (tertiary/aromatic N) is 1. The summed E-state index contributed by atoms with van der Waals surface area (Å²) in [4.78, 5) is 2.43. The molecule has 0 fully saturated rings. The lowest BCUT2D eigenvalue weighted by atomic mass is 10.1. The second-order valence-corrected chi connectivity index (χ2v) is 3.19. The Morgan fingerprint density at radius 3 is 2.73 bits per heavy atom. The van der Waals surface area contributed by atoms with E-state index in [1.165, 1.54) is 5.70 Å². The van der Waals surface area contributed by atoms with Crippen LogP contribution in [0.1, 0.15) is 27.2 Å². The summed E-state index contributed by atoms with van der Waals surface area (Å²) in [6.07, 6.45) is 7.71. The van der Waals surface area contributed by atoms with Gasteiger partial charge in [-0.25, -0.2) is 0 Å². The lowest BCUT2D eigenvalue weighted by Crippen LogP contribution is -2.31. The average molecular weight is 151 g/mol. The van der Waals surface area contributed by atoms with Crippen molar-refractivity contribution in [3.8, 4) is 0 Å². The van der Waals surface area contributed by atoms with Crippen molar-refractivity contribution in [2.24, 2.45) is 0 Å². The smallest absolute Gasteiger partial charge is 0.0362 e. The number of hydrogen-bond acceptors (Lipinski definition) is 1. The molecule has 0 amide bonds. The van der Waals surface area contributed by atoms with Crippen molar-refractivity contribution < 1.29 is 0 Å². The fraction of sp³-hybridized carbons (Fsp3) is 0.600. The van der Waals surface area contributed by atoms with Gasteiger partial charge in [0.15, 0.2) is 0 Å². The van der Waals surface area contributed by atoms with Gasteiger partial charge in [0, 0.05) is 18.3 Å². The van der Waals surface area contributed by atoms with Gasteiger partial charge in [0.2, 0.25) is 0 Å². The van der Waals surface area contributed by atoms with Gasteiger partial charge < -0.3 is 4.90 Å². The fourth-order valence-electron chi connectivity index (χ4n) is 1.43. The maximum absolute atomic E-state index is 2.43. The zero-order valence-corrected chi connectivity index (χ0v) is 7.67. The summed E-state index contributed by atoms with van der Waals surface area (Å²) in [7, 11) is 0. The summed E-state index contributed by atoms with van der Waals surface area (Å²) < 4.78 is 0. The lowest BCUT2D eigenvalue weighted by molar-refractivity contribution is 0.301. The summed E-state index contributed by atoms with van der Waals surface area (Å²) in [6, 6.07) is 0.631. The monoisotopic (exact) mass is 151 g/mol. The van der Waals surface area contributed by atoms with Crippen LogP contribution in [0.3, 0.4) is 0 Å². The first-order valence-electron chi connectivity index (χ1n) is 4.38. The molecular formula is C10H17N. The molecule has 11 heavy (non-hydrogen) atoms. The van der Waals surface area contributed by atoms with Crippen LogP contribution in [0, 0.1) is 0 Å². The van der Waals surface area contributed by atoms with E-state index < -0.39 is 0 Å². The summed E-state index contributed by atoms with van der Waals surface area (Å²) in [5.41, 5.74) is 1.46. The van der Waals surface area contributed by atoms with E-state index in [0.717, 1.165) is 13.0 Å². The SMILES string of the molecule is CCC1=CC=CCN1C(C)C. The Morgan fingerprint density at radius 2 is 2.27 bits per heavy atom. The quantitative estimate of drug-likeness (QED) is 0.586. The van der Waals surface area contributed by atoms with Crippen molar-refractivity contribution in [3.63, 3.8) is 0 Å². The molecule has 0 unspecified atom stereocenters. The van der Waals surface area contributed by atoms with Crippen LogP contribution in [0.15, 0.2) is 23.9 Å². The Bertz CT molecular complexity index is 177. The molecule has 0 aromatic heterocycles. The van der Waals surface area contributed by atoms with Crippen LogP contribution in [0.5, 0.6) is 0 Å². The largest absolute Gasteiger partial charge is 0.369 e. The van der Waals surface area contributed by atoms with Gasteiger partial charge in [-0.15, -0.1) is 0 Å². The van der Waals surface area contributed by atoms with E-state index in [-0.39, 0.29) is 0 Å². The molecule has 0 aromatic rings. The van der Waals surface area contributed by atoms with Crippen LogP contribution >= 0.6 is 0 Å². The second-order valence-electron chi connectivity index (χ2n) is 3.19. The first kappa shape index (κ1) is 8.38. The second kappa shape index (κ2) is 3.61. The first-order chi connectivity index (χ1) is 5.25. The van der Waals surface area contributed by atoms with Crippen molar-refractivity contribution in [2.45, 2.75) is 33.2 Å². The van der Waals surface area contributed by atoms with Crippen molar-refractivity contribution in [1.29, 1.82) is 0 Å². The zero-order valence-electron chi connectivity index (χ0n) is 7.67. The maximum atomic E-state index is 2.43. The van der Waals surface area contributed by atoms with E-state index >= 15 is 0 Å². The van der Waals surface area contributed by atoms with Crippen LogP contribution in [0.2, 0.25) is 0 Å². The summed E-state index contributed by atoms with van der Waals surface area (Å²) in [5, 5.41) is 0. The Hall–Kier alpha value is -0.720. The van der Waals surface area contributed by atoms with Crippen LogP contribution in [0.4, 0.5) is 0 Å². The topological polar surface area (TPSA) is 3.24 Å². The van der Waals surface area contributed by atoms with E-state index in [0.29, 0.717) is 6.04 Å². The lowest BCUT2D eigenvalue weighted by Gasteiger charge is -2.31. The van der Waals surface area contributed by atoms with Crippen LogP contribution in [-0.2, 0) is 0 Å². The molecule has 1 aliphatic rings. The number of rotatable bonds is 2. The molecule has 0 saturated heterocycles. The van der Waals surface area contributed by atoms with Gasteiger partial charge >= 0.3 is 0 Å². The average Bonchev–Trinajstić information content (AvgIpc) is 2.04. The van der Waals surface area contributed by atoms with Gasteiger partial charge in [-0.1, -0.05) is 19.1 Å². The normalized spacial score (nSPS) is 17.5. The Balaban J connectivity index is 2.67. The Kier molecular flexibility index (Phi) is 2.75. The Morgan fingerprint density at radius 1 is 1.55 bits per heavy atom. The van der Waals surface area contributed by atoms with Crippen molar-refractivity contribution in [2.75, 3.05) is 6.54 Å². The highest BCUT2D eigenvalue weighted by atomic mass is 15.2. The third kappa shape index (κ3) is 1.86. The van der Waals surface area contributed by atoms with Crippen molar-refractivity contribution in [1.82, 2.24) is 4.90 Å². The highest BCUT2D eigenvalue weighted by molar-refractivity contribution is 5.17. The highest BCUT2D eigenvalue weighted by Gasteiger charge is 2.11. The molecule has 1 rings (SSSR count). The molecule has 62 valence electrons. The maximum Gasteiger partial charge on any atom is 0.0362 e. The van der Waals surface area contributed by atoms with Gasteiger partial charge in [-0.05, 0) is 26.3 Å². The van der Waals surface area contributed by atoms with Crippen LogP contribution < -0.4 is 0 Å². The molecule has 1 aliphatic heterocycles. The molecule has 0 radical (unpaired) electrons. The molecule has 1 nitrogen and oxygen atoms in total. The molecule has 0 spiro atoms. The third-order valence-electron chi connectivity index (χ3n) is 2.08.